The summed E-state index contributed by atoms with van der Waals surface area (Å²) in [6.07, 6.45) is 0.958. The van der Waals surface area contributed by atoms with Crippen LogP contribution in [-0.4, -0.2) is 60.8 Å². The molecule has 2 aromatic rings. The first kappa shape index (κ1) is 23.7. The van der Waals surface area contributed by atoms with E-state index < -0.39 is 5.54 Å². The number of piperidine rings is 1. The molecule has 1 fully saturated rings. The number of amides is 1. The number of hydrogen-bond donors (Lipinski definition) is 1. The average molecular weight is 473 g/mol. The quantitative estimate of drug-likeness (QED) is 0.616. The number of carbonyl (C=O) groups excluding carboxylic acids is 1. The molecule has 2 aliphatic rings. The molecule has 0 bridgehead atoms. The lowest BCUT2D eigenvalue weighted by atomic mass is 9.84. The molecule has 0 radical (unpaired) electrons. The van der Waals surface area contributed by atoms with Crippen molar-refractivity contribution < 1.29 is 24.3 Å². The van der Waals surface area contributed by atoms with Crippen LogP contribution in [0, 0.1) is 13.8 Å². The Kier molecular flexibility index (Phi) is 6.79. The van der Waals surface area contributed by atoms with Crippen LogP contribution < -0.4 is 0 Å². The van der Waals surface area contributed by atoms with E-state index in [1.54, 1.807) is 7.11 Å². The molecule has 0 unspecified atom stereocenters. The lowest BCUT2D eigenvalue weighted by Crippen LogP contribution is -2.55. The molecular weight excluding hydrogens is 444 g/mol. The molecule has 1 N–H and O–H groups in total. The third kappa shape index (κ3) is 4.16. The van der Waals surface area contributed by atoms with E-state index in [1.807, 2.05) is 55.3 Å². The molecule has 33 heavy (non-hydrogen) atoms. The molecule has 2 aromatic carbocycles. The zero-order chi connectivity index (χ0) is 23.8. The Morgan fingerprint density at radius 2 is 1.64 bits per heavy atom. The van der Waals surface area contributed by atoms with E-state index in [2.05, 4.69) is 0 Å². The standard InChI is InChI=1S/C25H29ClN2O5/c1-16-13-19(18-5-7-20(26)8-6-18)14-17(2)21(16)22-23(29)25(9-11-27(32-4)12-10-25)28(24(22)30)33-15-31-3/h5-8,13-14,29H,9-12,15H2,1-4H3. The number of carbonyl (C=O) groups is 1. The molecule has 8 heteroatoms. The SMILES string of the molecule is COCON1C(=O)C(c2c(C)cc(-c3ccc(Cl)cc3)cc2C)=C(O)C12CCN(OC)CC2. The van der Waals surface area contributed by atoms with Gasteiger partial charge in [-0.1, -0.05) is 35.9 Å². The zero-order valence-electron chi connectivity index (χ0n) is 19.4. The van der Waals surface area contributed by atoms with E-state index in [0.717, 1.165) is 27.8 Å². The third-order valence-corrected chi connectivity index (χ3v) is 6.78. The Labute approximate surface area is 199 Å². The van der Waals surface area contributed by atoms with Crippen molar-refractivity contribution in [1.82, 2.24) is 10.1 Å². The maximum Gasteiger partial charge on any atom is 0.282 e. The lowest BCUT2D eigenvalue weighted by molar-refractivity contribution is -0.259. The topological polar surface area (TPSA) is 71.5 Å². The Morgan fingerprint density at radius 1 is 1.03 bits per heavy atom. The first-order chi connectivity index (χ1) is 15.8. The highest BCUT2D eigenvalue weighted by Crippen LogP contribution is 2.47. The molecule has 4 rings (SSSR count). The fourth-order valence-corrected chi connectivity index (χ4v) is 5.01. The summed E-state index contributed by atoms with van der Waals surface area (Å²) in [5.74, 6) is -0.314. The summed E-state index contributed by atoms with van der Waals surface area (Å²) in [6.45, 7) is 4.93. The first-order valence-corrected chi connectivity index (χ1v) is 11.3. The minimum Gasteiger partial charge on any atom is -0.509 e. The first-order valence-electron chi connectivity index (χ1n) is 10.9. The number of hydroxylamine groups is 4. The normalized spacial score (nSPS) is 18.6. The number of ether oxygens (including phenoxy) is 1. The molecular formula is C25H29ClN2O5. The van der Waals surface area contributed by atoms with Crippen LogP contribution in [0.5, 0.6) is 0 Å². The second-order valence-electron chi connectivity index (χ2n) is 8.49. The maximum atomic E-state index is 13.6. The number of aliphatic hydroxyl groups is 1. The van der Waals surface area contributed by atoms with Gasteiger partial charge in [0.15, 0.2) is 6.79 Å². The number of methoxy groups -OCH3 is 1. The summed E-state index contributed by atoms with van der Waals surface area (Å²) >= 11 is 6.04. The van der Waals surface area contributed by atoms with Gasteiger partial charge in [-0.05, 0) is 66.6 Å². The summed E-state index contributed by atoms with van der Waals surface area (Å²) in [7, 11) is 3.12. The Balaban J connectivity index is 1.78. The van der Waals surface area contributed by atoms with E-state index in [4.69, 9.17) is 26.0 Å². The van der Waals surface area contributed by atoms with Gasteiger partial charge in [0.25, 0.3) is 5.91 Å². The molecule has 1 spiro atoms. The number of aliphatic hydroxyl groups excluding tert-OH is 1. The molecule has 176 valence electrons. The molecule has 1 saturated heterocycles. The summed E-state index contributed by atoms with van der Waals surface area (Å²) in [5.41, 5.74) is 3.91. The molecule has 0 aromatic heterocycles. The highest BCUT2D eigenvalue weighted by Gasteiger charge is 2.55. The molecule has 1 amide bonds. The Hall–Kier alpha value is -2.42. The second-order valence-corrected chi connectivity index (χ2v) is 8.93. The van der Waals surface area contributed by atoms with Crippen molar-refractivity contribution in [2.45, 2.75) is 32.2 Å². The lowest BCUT2D eigenvalue weighted by Gasteiger charge is -2.42. The summed E-state index contributed by atoms with van der Waals surface area (Å²) in [4.78, 5) is 24.7. The van der Waals surface area contributed by atoms with E-state index in [1.165, 1.54) is 12.2 Å². The van der Waals surface area contributed by atoms with Gasteiger partial charge in [0.05, 0.1) is 12.7 Å². The number of hydrogen-bond acceptors (Lipinski definition) is 6. The predicted molar refractivity (Wildman–Crippen MR) is 126 cm³/mol. The highest BCUT2D eigenvalue weighted by molar-refractivity contribution is 6.30. The fraction of sp³-hybridized carbons (Fsp3) is 0.400. The van der Waals surface area contributed by atoms with Crippen LogP contribution in [0.1, 0.15) is 29.5 Å². The van der Waals surface area contributed by atoms with Gasteiger partial charge in [-0.2, -0.15) is 5.06 Å². The minimum absolute atomic E-state index is 0.0461. The molecule has 2 aliphatic heterocycles. The number of rotatable bonds is 6. The van der Waals surface area contributed by atoms with E-state index in [-0.39, 0.29) is 24.0 Å². The summed E-state index contributed by atoms with van der Waals surface area (Å²) in [6, 6.07) is 11.7. The van der Waals surface area contributed by atoms with Crippen molar-refractivity contribution in [2.75, 3.05) is 34.1 Å². The Bertz CT molecular complexity index is 1050. The van der Waals surface area contributed by atoms with Gasteiger partial charge in [0.1, 0.15) is 11.3 Å². The summed E-state index contributed by atoms with van der Waals surface area (Å²) < 4.78 is 5.06. The molecule has 7 nitrogen and oxygen atoms in total. The van der Waals surface area contributed by atoms with Crippen LogP contribution in [0.15, 0.2) is 42.2 Å². The highest BCUT2D eigenvalue weighted by atomic mass is 35.5. The molecule has 0 aliphatic carbocycles. The van der Waals surface area contributed by atoms with Crippen LogP contribution >= 0.6 is 11.6 Å². The van der Waals surface area contributed by atoms with Crippen molar-refractivity contribution in [2.24, 2.45) is 0 Å². The van der Waals surface area contributed by atoms with Crippen LogP contribution in [0.2, 0.25) is 5.02 Å². The van der Waals surface area contributed by atoms with Crippen LogP contribution in [0.4, 0.5) is 0 Å². The van der Waals surface area contributed by atoms with Gasteiger partial charge >= 0.3 is 0 Å². The van der Waals surface area contributed by atoms with E-state index in [9.17, 15) is 9.90 Å². The smallest absolute Gasteiger partial charge is 0.282 e. The average Bonchev–Trinajstić information content (AvgIpc) is 2.99. The zero-order valence-corrected chi connectivity index (χ0v) is 20.1. The van der Waals surface area contributed by atoms with Gasteiger partial charge in [0, 0.05) is 25.2 Å². The molecule has 0 saturated carbocycles. The molecule has 2 heterocycles. The van der Waals surface area contributed by atoms with Crippen LogP contribution in [0.25, 0.3) is 16.7 Å². The fourth-order valence-electron chi connectivity index (χ4n) is 4.88. The van der Waals surface area contributed by atoms with Crippen molar-refractivity contribution in [3.8, 4) is 11.1 Å². The third-order valence-electron chi connectivity index (χ3n) is 6.53. The van der Waals surface area contributed by atoms with Crippen LogP contribution in [0.3, 0.4) is 0 Å². The largest absolute Gasteiger partial charge is 0.509 e. The van der Waals surface area contributed by atoms with E-state index in [0.29, 0.717) is 31.0 Å². The molecule has 0 atom stereocenters. The number of aryl methyl sites for hydroxylation is 2. The number of nitrogens with zero attached hydrogens (tertiary/aromatic N) is 2. The van der Waals surface area contributed by atoms with Gasteiger partial charge in [-0.15, -0.1) is 0 Å². The van der Waals surface area contributed by atoms with E-state index >= 15 is 0 Å². The van der Waals surface area contributed by atoms with Gasteiger partial charge in [-0.3, -0.25) is 4.79 Å². The van der Waals surface area contributed by atoms with Crippen molar-refractivity contribution >= 4 is 23.1 Å². The van der Waals surface area contributed by atoms with Gasteiger partial charge in [-0.25, -0.2) is 9.90 Å². The van der Waals surface area contributed by atoms with Crippen LogP contribution in [-0.2, 0) is 19.2 Å². The monoisotopic (exact) mass is 472 g/mol. The van der Waals surface area contributed by atoms with Crippen molar-refractivity contribution in [3.05, 3.63) is 63.9 Å². The number of benzene rings is 2. The van der Waals surface area contributed by atoms with Gasteiger partial charge in [0.2, 0.25) is 0 Å². The predicted octanol–water partition coefficient (Wildman–Crippen LogP) is 4.67. The maximum absolute atomic E-state index is 13.6. The summed E-state index contributed by atoms with van der Waals surface area (Å²) in [5, 5.41) is 15.3. The number of halogens is 1. The van der Waals surface area contributed by atoms with Crippen molar-refractivity contribution in [3.63, 3.8) is 0 Å². The minimum atomic E-state index is -0.951. The second kappa shape index (κ2) is 9.44. The van der Waals surface area contributed by atoms with Crippen molar-refractivity contribution in [1.29, 1.82) is 0 Å². The Morgan fingerprint density at radius 3 is 2.18 bits per heavy atom. The van der Waals surface area contributed by atoms with Gasteiger partial charge < -0.3 is 14.7 Å².